The fourth-order valence-electron chi connectivity index (χ4n) is 3.71. The summed E-state index contributed by atoms with van der Waals surface area (Å²) in [4.78, 5) is 13.4. The summed E-state index contributed by atoms with van der Waals surface area (Å²) in [7, 11) is -0.737. The molecule has 6 nitrogen and oxygen atoms in total. The number of rotatable bonds is 8. The fourth-order valence-corrected chi connectivity index (χ4v) is 4.93. The van der Waals surface area contributed by atoms with Crippen LogP contribution in [0.15, 0.2) is 71.6 Å². The molecule has 0 fully saturated rings. The number of amides is 1. The number of hydrogen-bond donors (Lipinski definition) is 1. The van der Waals surface area contributed by atoms with E-state index in [0.29, 0.717) is 17.7 Å². The fraction of sp³-hybridized carbons (Fsp3) is 0.269. The summed E-state index contributed by atoms with van der Waals surface area (Å²) < 4.78 is 32.9. The Morgan fingerprint density at radius 1 is 1.03 bits per heavy atom. The van der Waals surface area contributed by atoms with Crippen LogP contribution in [0.25, 0.3) is 0 Å². The Labute approximate surface area is 196 Å². The highest BCUT2D eigenvalue weighted by Gasteiger charge is 2.26. The van der Waals surface area contributed by atoms with Crippen LogP contribution in [0.1, 0.15) is 46.4 Å². The van der Waals surface area contributed by atoms with Gasteiger partial charge in [-0.3, -0.25) is 9.10 Å². The minimum Gasteiger partial charge on any atom is -0.496 e. The van der Waals surface area contributed by atoms with Crippen molar-refractivity contribution in [2.24, 2.45) is 0 Å². The van der Waals surface area contributed by atoms with Crippen molar-refractivity contribution in [2.45, 2.75) is 38.1 Å². The molecule has 3 aromatic rings. The number of anilines is 1. The van der Waals surface area contributed by atoms with Crippen molar-refractivity contribution >= 4 is 21.6 Å². The van der Waals surface area contributed by atoms with Gasteiger partial charge in [-0.1, -0.05) is 48.9 Å². The lowest BCUT2D eigenvalue weighted by molar-refractivity contribution is 0.0936. The smallest absolute Gasteiger partial charge is 0.264 e. The van der Waals surface area contributed by atoms with E-state index in [9.17, 15) is 13.2 Å². The molecule has 1 amide bonds. The molecule has 0 aromatic heterocycles. The van der Waals surface area contributed by atoms with Crippen LogP contribution >= 0.6 is 0 Å². The molecule has 0 spiro atoms. The van der Waals surface area contributed by atoms with Gasteiger partial charge in [0.15, 0.2) is 0 Å². The van der Waals surface area contributed by atoms with Crippen molar-refractivity contribution in [1.82, 2.24) is 5.32 Å². The zero-order valence-corrected chi connectivity index (χ0v) is 20.4. The second kappa shape index (κ2) is 10.1. The third-order valence-electron chi connectivity index (χ3n) is 5.70. The standard InChI is InChI=1S/C26H30N2O4S/c1-6-23(20-13-16-25(32-5)19(3)17-20)27-26(29)22-9-7-8-10-24(22)28(4)33(30,31)21-14-11-18(2)12-15-21/h7-17,23H,6H2,1-5H3,(H,27,29). The predicted octanol–water partition coefficient (Wildman–Crippen LogP) is 5.02. The summed E-state index contributed by atoms with van der Waals surface area (Å²) in [5.41, 5.74) is 3.51. The van der Waals surface area contributed by atoms with Gasteiger partial charge in [0, 0.05) is 7.05 Å². The average molecular weight is 467 g/mol. The highest BCUT2D eigenvalue weighted by atomic mass is 32.2. The molecule has 33 heavy (non-hydrogen) atoms. The quantitative estimate of drug-likeness (QED) is 0.506. The first-order valence-corrected chi connectivity index (χ1v) is 12.2. The van der Waals surface area contributed by atoms with Crippen LogP contribution in [0, 0.1) is 13.8 Å². The van der Waals surface area contributed by atoms with Gasteiger partial charge in [0.2, 0.25) is 0 Å². The molecular weight excluding hydrogens is 436 g/mol. The molecule has 174 valence electrons. The molecule has 0 aliphatic heterocycles. The SMILES string of the molecule is CCC(NC(=O)c1ccccc1N(C)S(=O)(=O)c1ccc(C)cc1)c1ccc(OC)c(C)c1. The second-order valence-electron chi connectivity index (χ2n) is 7.97. The number of methoxy groups -OCH3 is 1. The first-order valence-electron chi connectivity index (χ1n) is 10.8. The zero-order chi connectivity index (χ0) is 24.2. The maximum atomic E-state index is 13.3. The Hall–Kier alpha value is -3.32. The van der Waals surface area contributed by atoms with E-state index in [2.05, 4.69) is 5.32 Å². The average Bonchev–Trinajstić information content (AvgIpc) is 2.82. The number of nitrogens with one attached hydrogen (secondary N) is 1. The van der Waals surface area contributed by atoms with Gasteiger partial charge >= 0.3 is 0 Å². The number of carbonyl (C=O) groups excluding carboxylic acids is 1. The largest absolute Gasteiger partial charge is 0.496 e. The number of ether oxygens (including phenoxy) is 1. The van der Waals surface area contributed by atoms with Gasteiger partial charge in [0.25, 0.3) is 15.9 Å². The first-order chi connectivity index (χ1) is 15.7. The van der Waals surface area contributed by atoms with Crippen molar-refractivity contribution in [1.29, 1.82) is 0 Å². The second-order valence-corrected chi connectivity index (χ2v) is 9.94. The number of carbonyl (C=O) groups is 1. The van der Waals surface area contributed by atoms with E-state index in [1.54, 1.807) is 55.6 Å². The van der Waals surface area contributed by atoms with Crippen LogP contribution < -0.4 is 14.4 Å². The topological polar surface area (TPSA) is 75.7 Å². The molecular formula is C26H30N2O4S. The minimum absolute atomic E-state index is 0.172. The van der Waals surface area contributed by atoms with Gasteiger partial charge in [-0.2, -0.15) is 0 Å². The molecule has 7 heteroatoms. The zero-order valence-electron chi connectivity index (χ0n) is 19.6. The summed E-state index contributed by atoms with van der Waals surface area (Å²) in [6.45, 7) is 5.84. The molecule has 0 aliphatic rings. The third-order valence-corrected chi connectivity index (χ3v) is 7.49. The molecule has 0 aliphatic carbocycles. The highest BCUT2D eigenvalue weighted by molar-refractivity contribution is 7.92. The summed E-state index contributed by atoms with van der Waals surface area (Å²) in [6.07, 6.45) is 0.678. The third kappa shape index (κ3) is 5.20. The molecule has 0 saturated heterocycles. The number of hydrogen-bond acceptors (Lipinski definition) is 4. The molecule has 1 unspecified atom stereocenters. The van der Waals surface area contributed by atoms with Gasteiger partial charge in [-0.25, -0.2) is 8.42 Å². The Kier molecular flexibility index (Phi) is 7.43. The van der Waals surface area contributed by atoms with E-state index in [-0.39, 0.29) is 16.8 Å². The number of aryl methyl sites for hydroxylation is 2. The van der Waals surface area contributed by atoms with Gasteiger partial charge in [-0.15, -0.1) is 0 Å². The molecule has 0 bridgehead atoms. The molecule has 3 rings (SSSR count). The van der Waals surface area contributed by atoms with Gasteiger partial charge in [-0.05, 0) is 61.7 Å². The number of para-hydroxylation sites is 1. The van der Waals surface area contributed by atoms with Gasteiger partial charge in [0.1, 0.15) is 5.75 Å². The summed E-state index contributed by atoms with van der Waals surface area (Å²) >= 11 is 0. The van der Waals surface area contributed by atoms with Gasteiger partial charge < -0.3 is 10.1 Å². The van der Waals surface area contributed by atoms with E-state index in [1.165, 1.54) is 7.05 Å². The molecule has 0 heterocycles. The van der Waals surface area contributed by atoms with E-state index >= 15 is 0 Å². The molecule has 1 N–H and O–H groups in total. The Balaban J connectivity index is 1.90. The number of sulfonamides is 1. The molecule has 1 atom stereocenters. The van der Waals surface area contributed by atoms with E-state index in [4.69, 9.17) is 4.74 Å². The lowest BCUT2D eigenvalue weighted by atomic mass is 10.0. The van der Waals surface area contributed by atoms with Crippen LogP contribution in [0.3, 0.4) is 0 Å². The van der Waals surface area contributed by atoms with E-state index < -0.39 is 10.0 Å². The Morgan fingerprint density at radius 2 is 1.70 bits per heavy atom. The van der Waals surface area contributed by atoms with E-state index in [1.807, 2.05) is 39.0 Å². The van der Waals surface area contributed by atoms with Gasteiger partial charge in [0.05, 0.1) is 29.3 Å². The van der Waals surface area contributed by atoms with Crippen molar-refractivity contribution in [3.05, 3.63) is 89.0 Å². The maximum absolute atomic E-state index is 13.3. The lowest BCUT2D eigenvalue weighted by Gasteiger charge is -2.24. The van der Waals surface area contributed by atoms with Crippen LogP contribution in [0.5, 0.6) is 5.75 Å². The molecule has 3 aromatic carbocycles. The summed E-state index contributed by atoms with van der Waals surface area (Å²) in [5.74, 6) is 0.449. The minimum atomic E-state index is -3.82. The van der Waals surface area contributed by atoms with Crippen LogP contribution in [0.2, 0.25) is 0 Å². The van der Waals surface area contributed by atoms with Crippen LogP contribution in [-0.4, -0.2) is 28.5 Å². The molecule has 0 radical (unpaired) electrons. The first kappa shape index (κ1) is 24.3. The van der Waals surface area contributed by atoms with Crippen molar-refractivity contribution in [3.8, 4) is 5.75 Å². The maximum Gasteiger partial charge on any atom is 0.264 e. The monoisotopic (exact) mass is 466 g/mol. The van der Waals surface area contributed by atoms with Crippen molar-refractivity contribution < 1.29 is 17.9 Å². The Morgan fingerprint density at radius 3 is 2.30 bits per heavy atom. The lowest BCUT2D eigenvalue weighted by Crippen LogP contribution is -2.32. The molecule has 0 saturated carbocycles. The summed E-state index contributed by atoms with van der Waals surface area (Å²) in [5, 5.41) is 3.06. The van der Waals surface area contributed by atoms with E-state index in [0.717, 1.165) is 26.7 Å². The van der Waals surface area contributed by atoms with Crippen molar-refractivity contribution in [2.75, 3.05) is 18.5 Å². The van der Waals surface area contributed by atoms with Crippen LogP contribution in [-0.2, 0) is 10.0 Å². The Bertz CT molecular complexity index is 1240. The normalized spacial score (nSPS) is 12.2. The van der Waals surface area contributed by atoms with Crippen molar-refractivity contribution in [3.63, 3.8) is 0 Å². The number of nitrogens with zero attached hydrogens (tertiary/aromatic N) is 1. The van der Waals surface area contributed by atoms with Crippen LogP contribution in [0.4, 0.5) is 5.69 Å². The number of benzene rings is 3. The highest BCUT2D eigenvalue weighted by Crippen LogP contribution is 2.28. The predicted molar refractivity (Wildman–Crippen MR) is 131 cm³/mol. The summed E-state index contributed by atoms with van der Waals surface area (Å²) in [6, 6.07) is 18.9.